The molecule has 0 bridgehead atoms. The van der Waals surface area contributed by atoms with Gasteiger partial charge in [0.15, 0.2) is 0 Å². The highest BCUT2D eigenvalue weighted by atomic mass is 16.5. The smallest absolute Gasteiger partial charge is 0.251 e. The molecule has 1 amide bonds. The molecule has 2 N–H and O–H groups in total. The van der Waals surface area contributed by atoms with E-state index in [1.807, 2.05) is 13.8 Å². The number of carbonyl (C=O) groups excluding carboxylic acids is 1. The first-order valence-corrected chi connectivity index (χ1v) is 11.6. The van der Waals surface area contributed by atoms with Crippen LogP contribution in [0.15, 0.2) is 17.4 Å². The van der Waals surface area contributed by atoms with Crippen LogP contribution in [0.1, 0.15) is 84.2 Å². The zero-order valence-electron chi connectivity index (χ0n) is 19.7. The number of methoxy groups -OCH3 is 1. The average molecular weight is 447 g/mol. The highest BCUT2D eigenvalue weighted by molar-refractivity contribution is 6.08. The summed E-state index contributed by atoms with van der Waals surface area (Å²) < 4.78 is 11.7. The van der Waals surface area contributed by atoms with Crippen LogP contribution in [0.4, 0.5) is 0 Å². The second-order valence-corrected chi connectivity index (χ2v) is 8.70. The number of carbonyl (C=O) groups is 1. The van der Waals surface area contributed by atoms with Crippen LogP contribution in [0.25, 0.3) is 16.5 Å². The van der Waals surface area contributed by atoms with Crippen LogP contribution in [0, 0.1) is 25.2 Å². The van der Waals surface area contributed by atoms with Gasteiger partial charge in [-0.1, -0.05) is 12.8 Å². The molecule has 0 atom stereocenters. The van der Waals surface area contributed by atoms with Crippen molar-refractivity contribution < 1.29 is 14.3 Å². The molecule has 0 aliphatic heterocycles. The number of nitrogens with zero attached hydrogens (tertiary/aromatic N) is 3. The number of hydrogen-bond donors (Lipinski definition) is 1. The molecule has 7 nitrogen and oxygen atoms in total. The SMILES string of the molecule is CCOc1nc(C2CCCC2)c(C)c2nc(C)c(C(N)=O)c(C3=C(OC)C=C(C#N)CC3)c12. The molecule has 0 aromatic carbocycles. The standard InChI is InChI=1S/C26H30N4O3/c1-5-33-26-22-21(18-11-10-16(13-27)12-19(18)32-4)20(25(28)31)15(3)29-24(22)14(2)23(30-26)17-8-6-7-9-17/h12,17H,5-11H2,1-4H3,(H2,28,31). The van der Waals surface area contributed by atoms with Gasteiger partial charge in [-0.3, -0.25) is 9.78 Å². The minimum Gasteiger partial charge on any atom is -0.496 e. The number of nitriles is 1. The van der Waals surface area contributed by atoms with Gasteiger partial charge in [0.2, 0.25) is 5.88 Å². The van der Waals surface area contributed by atoms with Gasteiger partial charge in [-0.2, -0.15) is 5.26 Å². The van der Waals surface area contributed by atoms with Crippen molar-refractivity contribution in [1.82, 2.24) is 9.97 Å². The molecule has 2 aromatic heterocycles. The summed E-state index contributed by atoms with van der Waals surface area (Å²) in [6, 6.07) is 2.21. The van der Waals surface area contributed by atoms with Crippen molar-refractivity contribution in [3.63, 3.8) is 0 Å². The Labute approximate surface area is 194 Å². The molecule has 2 aliphatic carbocycles. The van der Waals surface area contributed by atoms with E-state index < -0.39 is 5.91 Å². The zero-order chi connectivity index (χ0) is 23.7. The van der Waals surface area contributed by atoms with Crippen molar-refractivity contribution in [2.75, 3.05) is 13.7 Å². The van der Waals surface area contributed by atoms with Crippen molar-refractivity contribution in [2.24, 2.45) is 5.73 Å². The molecule has 1 saturated carbocycles. The quantitative estimate of drug-likeness (QED) is 0.668. The predicted molar refractivity (Wildman–Crippen MR) is 127 cm³/mol. The first kappa shape index (κ1) is 22.8. The van der Waals surface area contributed by atoms with Gasteiger partial charge in [-0.25, -0.2) is 4.98 Å². The molecule has 0 radical (unpaired) electrons. The van der Waals surface area contributed by atoms with E-state index in [0.717, 1.165) is 35.2 Å². The zero-order valence-corrected chi connectivity index (χ0v) is 19.7. The van der Waals surface area contributed by atoms with Gasteiger partial charge in [0.1, 0.15) is 5.76 Å². The summed E-state index contributed by atoms with van der Waals surface area (Å²) in [5, 5.41) is 10.1. The summed E-state index contributed by atoms with van der Waals surface area (Å²) in [7, 11) is 1.57. The molecule has 1 fully saturated rings. The van der Waals surface area contributed by atoms with Gasteiger partial charge < -0.3 is 15.2 Å². The Hall–Kier alpha value is -3.40. The Morgan fingerprint density at radius 3 is 2.58 bits per heavy atom. The summed E-state index contributed by atoms with van der Waals surface area (Å²) in [6.07, 6.45) is 7.44. The number of nitrogens with two attached hydrogens (primary N) is 1. The van der Waals surface area contributed by atoms with Crippen LogP contribution >= 0.6 is 0 Å². The highest BCUT2D eigenvalue weighted by Gasteiger charge is 2.30. The Balaban J connectivity index is 2.14. The summed E-state index contributed by atoms with van der Waals surface area (Å²) in [4.78, 5) is 22.5. The minimum absolute atomic E-state index is 0.344. The van der Waals surface area contributed by atoms with Gasteiger partial charge in [-0.15, -0.1) is 0 Å². The number of pyridine rings is 2. The maximum atomic E-state index is 12.7. The number of rotatable bonds is 6. The second kappa shape index (κ2) is 9.22. The third kappa shape index (κ3) is 3.95. The monoisotopic (exact) mass is 446 g/mol. The summed E-state index contributed by atoms with van der Waals surface area (Å²) in [5.74, 6) is 0.851. The van der Waals surface area contributed by atoms with E-state index >= 15 is 0 Å². The molecule has 0 unspecified atom stereocenters. The van der Waals surface area contributed by atoms with Crippen LogP contribution in [0.3, 0.4) is 0 Å². The van der Waals surface area contributed by atoms with E-state index in [4.69, 9.17) is 25.2 Å². The predicted octanol–water partition coefficient (Wildman–Crippen LogP) is 5.00. The van der Waals surface area contributed by atoms with E-state index in [0.29, 0.717) is 64.8 Å². The van der Waals surface area contributed by atoms with Gasteiger partial charge in [0.05, 0.1) is 47.6 Å². The molecule has 2 aliphatic rings. The lowest BCUT2D eigenvalue weighted by molar-refractivity contribution is 0.0999. The fourth-order valence-electron chi connectivity index (χ4n) is 5.21. The Bertz CT molecular complexity index is 1230. The Morgan fingerprint density at radius 1 is 1.24 bits per heavy atom. The molecular weight excluding hydrogens is 416 g/mol. The topological polar surface area (TPSA) is 111 Å². The van der Waals surface area contributed by atoms with E-state index in [2.05, 4.69) is 13.0 Å². The van der Waals surface area contributed by atoms with Crippen LogP contribution in [0.5, 0.6) is 5.88 Å². The third-order valence-electron chi connectivity index (χ3n) is 6.74. The first-order chi connectivity index (χ1) is 15.9. The van der Waals surface area contributed by atoms with Crippen molar-refractivity contribution in [3.8, 4) is 11.9 Å². The van der Waals surface area contributed by atoms with Crippen LogP contribution < -0.4 is 10.5 Å². The number of fused-ring (bicyclic) bond motifs is 1. The Kier molecular flexibility index (Phi) is 6.37. The summed E-state index contributed by atoms with van der Waals surface area (Å²) in [6.45, 7) is 6.22. The molecule has 0 spiro atoms. The van der Waals surface area contributed by atoms with E-state index in [-0.39, 0.29) is 0 Å². The summed E-state index contributed by atoms with van der Waals surface area (Å²) >= 11 is 0. The van der Waals surface area contributed by atoms with Gasteiger partial charge >= 0.3 is 0 Å². The molecule has 4 rings (SSSR count). The minimum atomic E-state index is -0.560. The fourth-order valence-corrected chi connectivity index (χ4v) is 5.21. The number of aryl methyl sites for hydroxylation is 2. The van der Waals surface area contributed by atoms with E-state index in [1.54, 1.807) is 13.2 Å². The lowest BCUT2D eigenvalue weighted by atomic mass is 9.86. The molecule has 2 heterocycles. The van der Waals surface area contributed by atoms with Crippen molar-refractivity contribution in [2.45, 2.75) is 65.2 Å². The molecule has 172 valence electrons. The first-order valence-electron chi connectivity index (χ1n) is 11.6. The maximum absolute atomic E-state index is 12.7. The molecule has 33 heavy (non-hydrogen) atoms. The number of primary amides is 1. The number of amides is 1. The van der Waals surface area contributed by atoms with Crippen LogP contribution in [-0.4, -0.2) is 29.6 Å². The van der Waals surface area contributed by atoms with E-state index in [1.165, 1.54) is 12.8 Å². The normalized spacial score (nSPS) is 16.6. The lowest BCUT2D eigenvalue weighted by Crippen LogP contribution is -2.19. The van der Waals surface area contributed by atoms with E-state index in [9.17, 15) is 10.1 Å². The molecule has 2 aromatic rings. The second-order valence-electron chi connectivity index (χ2n) is 8.70. The molecular formula is C26H30N4O3. The van der Waals surface area contributed by atoms with Crippen molar-refractivity contribution in [3.05, 3.63) is 45.5 Å². The molecule has 0 saturated heterocycles. The van der Waals surface area contributed by atoms with Crippen molar-refractivity contribution in [1.29, 1.82) is 5.26 Å². The number of aromatic nitrogens is 2. The number of hydrogen-bond acceptors (Lipinski definition) is 6. The Morgan fingerprint density at radius 2 is 1.97 bits per heavy atom. The number of allylic oxidation sites excluding steroid dienone is 3. The van der Waals surface area contributed by atoms with Gasteiger partial charge in [0.25, 0.3) is 5.91 Å². The number of ether oxygens (including phenoxy) is 2. The van der Waals surface area contributed by atoms with Crippen LogP contribution in [0.2, 0.25) is 0 Å². The maximum Gasteiger partial charge on any atom is 0.251 e. The molecule has 7 heteroatoms. The van der Waals surface area contributed by atoms with Crippen molar-refractivity contribution >= 4 is 22.4 Å². The van der Waals surface area contributed by atoms with Crippen LogP contribution in [-0.2, 0) is 4.74 Å². The highest BCUT2D eigenvalue weighted by Crippen LogP contribution is 2.44. The third-order valence-corrected chi connectivity index (χ3v) is 6.74. The average Bonchev–Trinajstić information content (AvgIpc) is 3.34. The lowest BCUT2D eigenvalue weighted by Gasteiger charge is -2.24. The largest absolute Gasteiger partial charge is 0.496 e. The van der Waals surface area contributed by atoms with Gasteiger partial charge in [-0.05, 0) is 58.1 Å². The van der Waals surface area contributed by atoms with Gasteiger partial charge in [0, 0.05) is 22.6 Å². The fraction of sp³-hybridized carbons (Fsp3) is 0.462. The summed E-state index contributed by atoms with van der Waals surface area (Å²) in [5.41, 5.74) is 11.7.